The maximum absolute atomic E-state index is 12.3. The van der Waals surface area contributed by atoms with Gasteiger partial charge in [0.05, 0.1) is 19.5 Å². The SMILES string of the molecule is COc1cnn([C@H](C)C(=O)c2ccc(OC(F)(F)F)cc2)c1. The molecule has 118 valence electrons. The number of hydrogen-bond donors (Lipinski definition) is 0. The molecule has 0 aliphatic carbocycles. The van der Waals surface area contributed by atoms with E-state index in [-0.39, 0.29) is 17.1 Å². The first-order chi connectivity index (χ1) is 10.3. The van der Waals surface area contributed by atoms with Crippen LogP contribution in [-0.2, 0) is 0 Å². The molecule has 1 heterocycles. The van der Waals surface area contributed by atoms with Crippen molar-refractivity contribution in [3.8, 4) is 11.5 Å². The van der Waals surface area contributed by atoms with Gasteiger partial charge in [-0.25, -0.2) is 0 Å². The van der Waals surface area contributed by atoms with E-state index in [9.17, 15) is 18.0 Å². The Morgan fingerprint density at radius 1 is 1.23 bits per heavy atom. The molecule has 0 radical (unpaired) electrons. The fourth-order valence-corrected chi connectivity index (χ4v) is 1.82. The number of nitrogens with zero attached hydrogens (tertiary/aromatic N) is 2. The Hall–Kier alpha value is -2.51. The molecule has 22 heavy (non-hydrogen) atoms. The quantitative estimate of drug-likeness (QED) is 0.795. The molecule has 2 rings (SSSR count). The third kappa shape index (κ3) is 3.78. The summed E-state index contributed by atoms with van der Waals surface area (Å²) in [6, 6.07) is 4.13. The molecule has 0 aliphatic rings. The van der Waals surface area contributed by atoms with Crippen LogP contribution in [0.3, 0.4) is 0 Å². The Morgan fingerprint density at radius 3 is 2.36 bits per heavy atom. The number of alkyl halides is 3. The van der Waals surface area contributed by atoms with Gasteiger partial charge in [0, 0.05) is 5.56 Å². The molecule has 1 aromatic heterocycles. The van der Waals surface area contributed by atoms with Gasteiger partial charge in [0.1, 0.15) is 11.8 Å². The molecule has 1 atom stereocenters. The van der Waals surface area contributed by atoms with Crippen LogP contribution >= 0.6 is 0 Å². The molecule has 0 unspecified atom stereocenters. The van der Waals surface area contributed by atoms with Crippen molar-refractivity contribution in [2.75, 3.05) is 7.11 Å². The number of Topliss-reactive ketones (excluding diaryl/α,β-unsaturated/α-hetero) is 1. The van der Waals surface area contributed by atoms with Gasteiger partial charge in [-0.1, -0.05) is 0 Å². The van der Waals surface area contributed by atoms with Gasteiger partial charge in [0.25, 0.3) is 0 Å². The van der Waals surface area contributed by atoms with Crippen molar-refractivity contribution in [1.82, 2.24) is 9.78 Å². The molecule has 8 heteroatoms. The topological polar surface area (TPSA) is 53.4 Å². The molecule has 0 amide bonds. The van der Waals surface area contributed by atoms with E-state index in [1.54, 1.807) is 13.1 Å². The molecule has 0 aliphatic heterocycles. The molecule has 0 bridgehead atoms. The summed E-state index contributed by atoms with van der Waals surface area (Å²) in [6.07, 6.45) is -1.74. The van der Waals surface area contributed by atoms with Gasteiger partial charge < -0.3 is 9.47 Å². The molecular formula is C14H13F3N2O3. The standard InChI is InChI=1S/C14H13F3N2O3/c1-9(19-8-12(21-2)7-18-19)13(20)10-3-5-11(6-4-10)22-14(15,16)17/h3-9H,1-2H3/t9-/m1/s1. The molecule has 0 fully saturated rings. The van der Waals surface area contributed by atoms with Crippen LogP contribution in [0, 0.1) is 0 Å². The maximum Gasteiger partial charge on any atom is 0.573 e. The number of methoxy groups -OCH3 is 1. The summed E-state index contributed by atoms with van der Waals surface area (Å²) < 4.78 is 46.4. The van der Waals surface area contributed by atoms with Gasteiger partial charge in [0.15, 0.2) is 11.5 Å². The fourth-order valence-electron chi connectivity index (χ4n) is 1.82. The van der Waals surface area contributed by atoms with E-state index in [1.165, 1.54) is 30.1 Å². The number of hydrogen-bond acceptors (Lipinski definition) is 4. The minimum absolute atomic E-state index is 0.261. The fraction of sp³-hybridized carbons (Fsp3) is 0.286. The van der Waals surface area contributed by atoms with Crippen LogP contribution in [0.4, 0.5) is 13.2 Å². The summed E-state index contributed by atoms with van der Waals surface area (Å²) in [4.78, 5) is 12.3. The highest BCUT2D eigenvalue weighted by atomic mass is 19.4. The number of rotatable bonds is 5. The second-order valence-electron chi connectivity index (χ2n) is 4.47. The van der Waals surface area contributed by atoms with E-state index in [0.29, 0.717) is 5.75 Å². The van der Waals surface area contributed by atoms with Gasteiger partial charge in [0.2, 0.25) is 0 Å². The largest absolute Gasteiger partial charge is 0.573 e. The minimum Gasteiger partial charge on any atom is -0.493 e. The molecule has 1 aromatic carbocycles. The molecule has 5 nitrogen and oxygen atoms in total. The van der Waals surface area contributed by atoms with Crippen molar-refractivity contribution in [3.05, 3.63) is 42.2 Å². The Morgan fingerprint density at radius 2 is 1.86 bits per heavy atom. The van der Waals surface area contributed by atoms with Crippen LogP contribution in [0.2, 0.25) is 0 Å². The first-order valence-corrected chi connectivity index (χ1v) is 6.28. The lowest BCUT2D eigenvalue weighted by molar-refractivity contribution is -0.274. The third-order valence-corrected chi connectivity index (χ3v) is 2.96. The predicted molar refractivity (Wildman–Crippen MR) is 70.9 cm³/mol. The highest BCUT2D eigenvalue weighted by molar-refractivity contribution is 5.98. The van der Waals surface area contributed by atoms with Gasteiger partial charge in [-0.3, -0.25) is 9.48 Å². The normalized spacial score (nSPS) is 12.8. The lowest BCUT2D eigenvalue weighted by Crippen LogP contribution is -2.18. The first kappa shape index (κ1) is 15.9. The average molecular weight is 314 g/mol. The van der Waals surface area contributed by atoms with Crippen LogP contribution in [0.15, 0.2) is 36.7 Å². The van der Waals surface area contributed by atoms with Crippen LogP contribution < -0.4 is 9.47 Å². The number of carbonyl (C=O) groups excluding carboxylic acids is 1. The third-order valence-electron chi connectivity index (χ3n) is 2.96. The van der Waals surface area contributed by atoms with Crippen molar-refractivity contribution in [2.24, 2.45) is 0 Å². The van der Waals surface area contributed by atoms with Gasteiger partial charge in [-0.15, -0.1) is 13.2 Å². The summed E-state index contributed by atoms with van der Waals surface area (Å²) in [7, 11) is 1.48. The number of ketones is 1. The summed E-state index contributed by atoms with van der Waals surface area (Å²) in [6.45, 7) is 1.63. The molecular weight excluding hydrogens is 301 g/mol. The zero-order chi connectivity index (χ0) is 16.3. The van der Waals surface area contributed by atoms with Crippen LogP contribution in [0.1, 0.15) is 23.3 Å². The van der Waals surface area contributed by atoms with Gasteiger partial charge in [-0.2, -0.15) is 5.10 Å². The van der Waals surface area contributed by atoms with Gasteiger partial charge >= 0.3 is 6.36 Å². The van der Waals surface area contributed by atoms with E-state index in [1.807, 2.05) is 0 Å². The van der Waals surface area contributed by atoms with E-state index < -0.39 is 12.4 Å². The summed E-state index contributed by atoms with van der Waals surface area (Å²) >= 11 is 0. The molecule has 0 saturated heterocycles. The Balaban J connectivity index is 2.12. The summed E-state index contributed by atoms with van der Waals surface area (Å²) in [5.41, 5.74) is 0.261. The number of benzene rings is 1. The van der Waals surface area contributed by atoms with E-state index in [2.05, 4.69) is 9.84 Å². The van der Waals surface area contributed by atoms with Crippen molar-refractivity contribution in [3.63, 3.8) is 0 Å². The number of ether oxygens (including phenoxy) is 2. The zero-order valence-corrected chi connectivity index (χ0v) is 11.8. The second kappa shape index (κ2) is 6.08. The Kier molecular flexibility index (Phi) is 4.39. The van der Waals surface area contributed by atoms with E-state index in [0.717, 1.165) is 12.1 Å². The lowest BCUT2D eigenvalue weighted by Gasteiger charge is -2.12. The van der Waals surface area contributed by atoms with Crippen LogP contribution in [0.5, 0.6) is 11.5 Å². The number of halogens is 3. The van der Waals surface area contributed by atoms with E-state index in [4.69, 9.17) is 4.74 Å². The molecule has 0 spiro atoms. The second-order valence-corrected chi connectivity index (χ2v) is 4.47. The zero-order valence-electron chi connectivity index (χ0n) is 11.8. The smallest absolute Gasteiger partial charge is 0.493 e. The van der Waals surface area contributed by atoms with Crippen molar-refractivity contribution >= 4 is 5.78 Å². The van der Waals surface area contributed by atoms with Crippen LogP contribution in [-0.4, -0.2) is 29.0 Å². The highest BCUT2D eigenvalue weighted by Gasteiger charge is 2.31. The van der Waals surface area contributed by atoms with Crippen molar-refractivity contribution in [2.45, 2.75) is 19.3 Å². The lowest BCUT2D eigenvalue weighted by atomic mass is 10.1. The minimum atomic E-state index is -4.76. The maximum atomic E-state index is 12.3. The average Bonchev–Trinajstić information content (AvgIpc) is 2.94. The van der Waals surface area contributed by atoms with E-state index >= 15 is 0 Å². The van der Waals surface area contributed by atoms with Crippen molar-refractivity contribution in [1.29, 1.82) is 0 Å². The van der Waals surface area contributed by atoms with Gasteiger partial charge in [-0.05, 0) is 31.2 Å². The first-order valence-electron chi connectivity index (χ1n) is 6.28. The Bertz CT molecular complexity index is 650. The van der Waals surface area contributed by atoms with Crippen LogP contribution in [0.25, 0.3) is 0 Å². The number of carbonyl (C=O) groups is 1. The summed E-state index contributed by atoms with van der Waals surface area (Å²) in [5.74, 6) is -0.157. The van der Waals surface area contributed by atoms with Crippen molar-refractivity contribution < 1.29 is 27.4 Å². The highest BCUT2D eigenvalue weighted by Crippen LogP contribution is 2.24. The monoisotopic (exact) mass is 314 g/mol. The number of aromatic nitrogens is 2. The molecule has 2 aromatic rings. The Labute approximate surface area is 124 Å². The predicted octanol–water partition coefficient (Wildman–Crippen LogP) is 3.23. The molecule has 0 saturated carbocycles. The summed E-state index contributed by atoms with van der Waals surface area (Å²) in [5, 5.41) is 4.00. The molecule has 0 N–H and O–H groups in total.